The molecule has 2 aliphatic heterocycles. The van der Waals surface area contributed by atoms with E-state index in [1.807, 2.05) is 42.3 Å². The van der Waals surface area contributed by atoms with Gasteiger partial charge in [0.05, 0.1) is 27.2 Å². The smallest absolute Gasteiger partial charge is 0.188 e. The molecule has 0 bridgehead atoms. The lowest BCUT2D eigenvalue weighted by atomic mass is 9.80. The third-order valence-corrected chi connectivity index (χ3v) is 10.5. The van der Waals surface area contributed by atoms with E-state index in [1.165, 1.54) is 0 Å². The van der Waals surface area contributed by atoms with Crippen molar-refractivity contribution in [3.63, 3.8) is 0 Å². The maximum atomic E-state index is 11.2. The summed E-state index contributed by atoms with van der Waals surface area (Å²) in [6, 6.07) is 12.8. The van der Waals surface area contributed by atoms with E-state index in [-0.39, 0.29) is 0 Å². The van der Waals surface area contributed by atoms with Gasteiger partial charge in [0, 0.05) is 64.1 Å². The first-order valence-electron chi connectivity index (χ1n) is 14.8. The topological polar surface area (TPSA) is 101 Å². The number of piperidine rings is 1. The van der Waals surface area contributed by atoms with Crippen molar-refractivity contribution in [1.82, 2.24) is 24.7 Å². The second-order valence-electron chi connectivity index (χ2n) is 11.8. The van der Waals surface area contributed by atoms with Crippen molar-refractivity contribution in [2.45, 2.75) is 58.3 Å². The number of hydrogen-bond donors (Lipinski definition) is 3. The molecule has 1 aromatic carbocycles. The first kappa shape index (κ1) is 27.8. The molecule has 10 heteroatoms. The van der Waals surface area contributed by atoms with Crippen LogP contribution in [0.5, 0.6) is 0 Å². The molecule has 3 aromatic heterocycles. The Bertz CT molecular complexity index is 1710. The molecule has 2 fully saturated rings. The van der Waals surface area contributed by atoms with Gasteiger partial charge in [-0.05, 0) is 88.0 Å². The lowest BCUT2D eigenvalue weighted by molar-refractivity contribution is -0.165. The maximum absolute atomic E-state index is 11.2. The van der Waals surface area contributed by atoms with Crippen LogP contribution in [0, 0.1) is 22.7 Å². The number of halogens is 1. The summed E-state index contributed by atoms with van der Waals surface area (Å²) >= 11 is 8.29. The van der Waals surface area contributed by atoms with Crippen LogP contribution in [0.15, 0.2) is 54.5 Å². The Kier molecular flexibility index (Phi) is 7.25. The molecule has 1 aliphatic carbocycles. The third kappa shape index (κ3) is 4.90. The molecule has 2 atom stereocenters. The van der Waals surface area contributed by atoms with Crippen molar-refractivity contribution in [3.8, 4) is 17.2 Å². The maximum Gasteiger partial charge on any atom is 0.188 e. The molecule has 0 spiro atoms. The zero-order valence-electron chi connectivity index (χ0n) is 23.6. The fraction of sp³-hybridized carbons (Fsp3) is 0.438. The van der Waals surface area contributed by atoms with Crippen LogP contribution in [0.4, 0.5) is 0 Å². The number of thiophene rings is 1. The fourth-order valence-electron chi connectivity index (χ4n) is 6.71. The van der Waals surface area contributed by atoms with Gasteiger partial charge < -0.3 is 25.0 Å². The van der Waals surface area contributed by atoms with Gasteiger partial charge in [-0.25, -0.2) is 4.90 Å². The number of pyridine rings is 1. The Balaban J connectivity index is 1.26. The summed E-state index contributed by atoms with van der Waals surface area (Å²) in [4.78, 5) is 9.41. The number of aliphatic hydroxyl groups is 2. The third-order valence-electron chi connectivity index (χ3n) is 9.09. The Morgan fingerprint density at radius 2 is 1.98 bits per heavy atom. The van der Waals surface area contributed by atoms with Crippen molar-refractivity contribution in [2.75, 3.05) is 19.6 Å². The first-order valence-corrected chi connectivity index (χ1v) is 16.0. The van der Waals surface area contributed by atoms with Crippen molar-refractivity contribution in [2.24, 2.45) is 11.3 Å². The van der Waals surface area contributed by atoms with E-state index < -0.39 is 18.0 Å². The molecule has 0 radical (unpaired) electrons. The average molecular weight is 603 g/mol. The number of nitriles is 1. The number of benzene rings is 1. The van der Waals surface area contributed by atoms with Crippen LogP contribution in [-0.4, -0.2) is 61.8 Å². The van der Waals surface area contributed by atoms with E-state index in [0.717, 1.165) is 81.6 Å². The molecule has 4 aromatic rings. The van der Waals surface area contributed by atoms with Crippen LogP contribution in [0.3, 0.4) is 0 Å². The zero-order chi connectivity index (χ0) is 29.0. The summed E-state index contributed by atoms with van der Waals surface area (Å²) in [5, 5.41) is 37.5. The van der Waals surface area contributed by atoms with E-state index in [1.54, 1.807) is 16.2 Å². The molecule has 3 aliphatic rings. The molecular formula is C32H35ClN6O2S. The minimum atomic E-state index is -0.887. The summed E-state index contributed by atoms with van der Waals surface area (Å²) in [6.45, 7) is 5.44. The number of rotatable bonds is 7. The van der Waals surface area contributed by atoms with Crippen molar-refractivity contribution in [1.29, 1.82) is 5.26 Å². The normalized spacial score (nSPS) is 22.9. The predicted octanol–water partition coefficient (Wildman–Crippen LogP) is 5.49. The second kappa shape index (κ2) is 10.9. The van der Waals surface area contributed by atoms with Gasteiger partial charge in [-0.1, -0.05) is 11.6 Å². The first-order chi connectivity index (χ1) is 20.4. The Morgan fingerprint density at radius 1 is 1.17 bits per heavy atom. The summed E-state index contributed by atoms with van der Waals surface area (Å²) in [6.07, 6.45) is 7.93. The highest BCUT2D eigenvalue weighted by atomic mass is 35.5. The second-order valence-corrected chi connectivity index (χ2v) is 13.4. The van der Waals surface area contributed by atoms with E-state index >= 15 is 0 Å². The minimum absolute atomic E-state index is 0.397. The molecule has 7 rings (SSSR count). The monoisotopic (exact) mass is 602 g/mol. The van der Waals surface area contributed by atoms with Gasteiger partial charge in [0.25, 0.3) is 0 Å². The Morgan fingerprint density at radius 3 is 2.71 bits per heavy atom. The number of hydrogen-bond acceptors (Lipinski definition) is 8. The van der Waals surface area contributed by atoms with Crippen molar-refractivity contribution >= 4 is 44.1 Å². The number of allylic oxidation sites excluding steroid dienone is 1. The molecule has 3 N–H and O–H groups in total. The number of nitrogens with zero attached hydrogens (tertiary/aromatic N) is 5. The molecule has 1 saturated heterocycles. The highest BCUT2D eigenvalue weighted by Crippen LogP contribution is 2.43. The molecular weight excluding hydrogens is 568 g/mol. The van der Waals surface area contributed by atoms with E-state index in [0.29, 0.717) is 30.6 Å². The quantitative estimate of drug-likeness (QED) is 0.257. The number of nitrogens with one attached hydrogen (secondary N) is 1. The minimum Gasteiger partial charge on any atom is -0.374 e. The highest BCUT2D eigenvalue weighted by molar-refractivity contribution is 7.19. The molecule has 42 heavy (non-hydrogen) atoms. The zero-order valence-corrected chi connectivity index (χ0v) is 25.2. The average Bonchev–Trinajstić information content (AvgIpc) is 3.64. The van der Waals surface area contributed by atoms with Crippen LogP contribution in [-0.2, 0) is 13.1 Å². The van der Waals surface area contributed by atoms with Gasteiger partial charge in [-0.3, -0.25) is 4.98 Å². The van der Waals surface area contributed by atoms with Gasteiger partial charge in [0.15, 0.2) is 6.35 Å². The van der Waals surface area contributed by atoms with E-state index in [4.69, 9.17) is 11.6 Å². The van der Waals surface area contributed by atoms with Gasteiger partial charge in [0.2, 0.25) is 0 Å². The number of aliphatic hydroxyl groups excluding tert-OH is 2. The number of fused-ring (bicyclic) bond motifs is 2. The summed E-state index contributed by atoms with van der Waals surface area (Å²) < 4.78 is 3.25. The van der Waals surface area contributed by atoms with Crippen LogP contribution in [0.25, 0.3) is 32.2 Å². The van der Waals surface area contributed by atoms with Crippen molar-refractivity contribution in [3.05, 3.63) is 64.4 Å². The largest absolute Gasteiger partial charge is 0.374 e. The van der Waals surface area contributed by atoms with E-state index in [2.05, 4.69) is 39.3 Å². The lowest BCUT2D eigenvalue weighted by Crippen LogP contribution is -2.55. The molecule has 8 nitrogen and oxygen atoms in total. The van der Waals surface area contributed by atoms with Gasteiger partial charge in [-0.2, -0.15) is 5.26 Å². The van der Waals surface area contributed by atoms with Crippen LogP contribution >= 0.6 is 22.9 Å². The predicted molar refractivity (Wildman–Crippen MR) is 166 cm³/mol. The van der Waals surface area contributed by atoms with Gasteiger partial charge >= 0.3 is 0 Å². The molecule has 0 amide bonds. The van der Waals surface area contributed by atoms with E-state index in [9.17, 15) is 15.5 Å². The SMILES string of the molecule is CCN1C(C2CC2)=CC(O)N(Cc2cc3nccc(-c4cc(Cl)cc5ccn(CC6(C#N)CCNCC6)c45)c3s2)C1O. The number of aromatic nitrogens is 2. The van der Waals surface area contributed by atoms with Crippen molar-refractivity contribution < 1.29 is 10.2 Å². The summed E-state index contributed by atoms with van der Waals surface area (Å²) in [7, 11) is 0. The fourth-order valence-corrected chi connectivity index (χ4v) is 8.09. The summed E-state index contributed by atoms with van der Waals surface area (Å²) in [5.74, 6) is 0.443. The Hall–Kier alpha value is -2.97. The molecule has 1 saturated carbocycles. The lowest BCUT2D eigenvalue weighted by Gasteiger charge is -2.44. The standard InChI is InChI=1S/C32H35ClN6O2S/c1-2-38-27(20-3-4-20)16-28(40)39(31(38)41)17-23-15-26-30(42-23)24(5-9-36-26)25-14-22(33)13-21-6-12-37(29(21)25)19-32(18-34)7-10-35-11-8-32/h5-6,9,12-16,20,28,31,35,40-41H,2-4,7-8,10-11,17,19H2,1H3. The van der Waals surface area contributed by atoms with Crippen LogP contribution in [0.1, 0.15) is 37.5 Å². The Labute approximate surface area is 254 Å². The van der Waals surface area contributed by atoms with Crippen LogP contribution < -0.4 is 5.32 Å². The summed E-state index contributed by atoms with van der Waals surface area (Å²) in [5.41, 5.74) is 4.63. The molecule has 5 heterocycles. The van der Waals surface area contributed by atoms with Crippen LogP contribution in [0.2, 0.25) is 5.02 Å². The molecule has 218 valence electrons. The van der Waals surface area contributed by atoms with Gasteiger partial charge in [0.1, 0.15) is 6.23 Å². The van der Waals surface area contributed by atoms with Gasteiger partial charge in [-0.15, -0.1) is 11.3 Å². The highest BCUT2D eigenvalue weighted by Gasteiger charge is 2.39. The molecule has 2 unspecified atom stereocenters.